The standard InChI is InChI=1S/C14H23N3O3S/c1-17(12-3-4-12)8-7-16-21(18,19)13-5-6-14(20-2)11(9-13)10-15/h5-6,9,12,16H,3-4,7-8,10,15H2,1-2H3. The maximum Gasteiger partial charge on any atom is 0.240 e. The molecule has 0 unspecified atom stereocenters. The maximum absolute atomic E-state index is 12.3. The molecule has 1 aliphatic carbocycles. The molecule has 0 aliphatic heterocycles. The Morgan fingerprint density at radius 3 is 2.71 bits per heavy atom. The summed E-state index contributed by atoms with van der Waals surface area (Å²) in [4.78, 5) is 2.40. The lowest BCUT2D eigenvalue weighted by Crippen LogP contribution is -2.34. The highest BCUT2D eigenvalue weighted by Crippen LogP contribution is 2.25. The minimum absolute atomic E-state index is 0.220. The van der Waals surface area contributed by atoms with Gasteiger partial charge in [0.15, 0.2) is 0 Å². The van der Waals surface area contributed by atoms with Gasteiger partial charge in [0.05, 0.1) is 12.0 Å². The van der Waals surface area contributed by atoms with Crippen molar-refractivity contribution in [2.45, 2.75) is 30.3 Å². The van der Waals surface area contributed by atoms with Crippen LogP contribution in [0.3, 0.4) is 0 Å². The fraction of sp³-hybridized carbons (Fsp3) is 0.571. The number of rotatable bonds is 8. The summed E-state index contributed by atoms with van der Waals surface area (Å²) in [5, 5.41) is 0. The number of sulfonamides is 1. The maximum atomic E-state index is 12.3. The molecule has 7 heteroatoms. The molecule has 0 aromatic heterocycles. The molecule has 118 valence electrons. The molecule has 0 heterocycles. The SMILES string of the molecule is COc1ccc(S(=O)(=O)NCCN(C)C2CC2)cc1CN. The Morgan fingerprint density at radius 1 is 1.43 bits per heavy atom. The van der Waals surface area contributed by atoms with Crippen molar-refractivity contribution in [3.8, 4) is 5.75 Å². The molecule has 0 saturated heterocycles. The largest absolute Gasteiger partial charge is 0.496 e. The van der Waals surface area contributed by atoms with Gasteiger partial charge in [-0.05, 0) is 38.1 Å². The molecule has 0 bridgehead atoms. The zero-order valence-electron chi connectivity index (χ0n) is 12.5. The van der Waals surface area contributed by atoms with E-state index in [1.165, 1.54) is 26.0 Å². The molecule has 6 nitrogen and oxygen atoms in total. The third-order valence-electron chi connectivity index (χ3n) is 3.71. The van der Waals surface area contributed by atoms with Crippen molar-refractivity contribution in [2.24, 2.45) is 5.73 Å². The first-order chi connectivity index (χ1) is 9.97. The Morgan fingerprint density at radius 2 is 2.14 bits per heavy atom. The van der Waals surface area contributed by atoms with Crippen molar-refractivity contribution in [3.63, 3.8) is 0 Å². The van der Waals surface area contributed by atoms with E-state index in [9.17, 15) is 8.42 Å². The Bertz CT molecular complexity index is 585. The second kappa shape index (κ2) is 6.74. The van der Waals surface area contributed by atoms with Crippen LogP contribution in [0.25, 0.3) is 0 Å². The minimum Gasteiger partial charge on any atom is -0.496 e. The second-order valence-electron chi connectivity index (χ2n) is 5.29. The molecule has 0 amide bonds. The number of hydrogen-bond donors (Lipinski definition) is 2. The van der Waals surface area contributed by atoms with Gasteiger partial charge >= 0.3 is 0 Å². The number of methoxy groups -OCH3 is 1. The molecular formula is C14H23N3O3S. The predicted octanol–water partition coefficient (Wildman–Crippen LogP) is 0.526. The summed E-state index contributed by atoms with van der Waals surface area (Å²) in [7, 11) is 0.0495. The Balaban J connectivity index is 2.01. The highest BCUT2D eigenvalue weighted by atomic mass is 32.2. The van der Waals surface area contributed by atoms with Crippen molar-refractivity contribution in [2.75, 3.05) is 27.2 Å². The van der Waals surface area contributed by atoms with Crippen molar-refractivity contribution < 1.29 is 13.2 Å². The van der Waals surface area contributed by atoms with E-state index >= 15 is 0 Å². The first-order valence-corrected chi connectivity index (χ1v) is 8.53. The molecule has 1 aliphatic rings. The van der Waals surface area contributed by atoms with Crippen LogP contribution in [0.4, 0.5) is 0 Å². The van der Waals surface area contributed by atoms with Crippen LogP contribution in [0, 0.1) is 0 Å². The number of ether oxygens (including phenoxy) is 1. The summed E-state index contributed by atoms with van der Waals surface area (Å²) in [6.07, 6.45) is 2.42. The first kappa shape index (κ1) is 16.2. The van der Waals surface area contributed by atoms with Gasteiger partial charge in [0, 0.05) is 31.2 Å². The zero-order chi connectivity index (χ0) is 15.5. The van der Waals surface area contributed by atoms with Gasteiger partial charge in [-0.1, -0.05) is 0 Å². The third-order valence-corrected chi connectivity index (χ3v) is 5.17. The fourth-order valence-electron chi connectivity index (χ4n) is 2.22. The van der Waals surface area contributed by atoms with E-state index in [1.807, 2.05) is 7.05 Å². The lowest BCUT2D eigenvalue weighted by Gasteiger charge is -2.16. The summed E-state index contributed by atoms with van der Waals surface area (Å²) < 4.78 is 32.3. The van der Waals surface area contributed by atoms with Crippen LogP contribution in [-0.4, -0.2) is 46.6 Å². The molecule has 1 aromatic rings. The minimum atomic E-state index is -3.51. The molecule has 1 fully saturated rings. The summed E-state index contributed by atoms with van der Waals surface area (Å²) in [5.41, 5.74) is 6.29. The Labute approximate surface area is 126 Å². The first-order valence-electron chi connectivity index (χ1n) is 7.05. The van der Waals surface area contributed by atoms with Crippen LogP contribution in [0.1, 0.15) is 18.4 Å². The highest BCUT2D eigenvalue weighted by Gasteiger charge is 2.26. The van der Waals surface area contributed by atoms with Crippen molar-refractivity contribution in [1.29, 1.82) is 0 Å². The number of hydrogen-bond acceptors (Lipinski definition) is 5. The molecule has 1 saturated carbocycles. The molecule has 3 N–H and O–H groups in total. The quantitative estimate of drug-likeness (QED) is 0.731. The summed E-state index contributed by atoms with van der Waals surface area (Å²) in [5.74, 6) is 0.602. The Hall–Kier alpha value is -1.15. The third kappa shape index (κ3) is 4.16. The highest BCUT2D eigenvalue weighted by molar-refractivity contribution is 7.89. The molecule has 2 rings (SSSR count). The molecule has 1 aromatic carbocycles. The van der Waals surface area contributed by atoms with Gasteiger partial charge in [0.1, 0.15) is 5.75 Å². The van der Waals surface area contributed by atoms with E-state index in [4.69, 9.17) is 10.5 Å². The van der Waals surface area contributed by atoms with Crippen molar-refractivity contribution >= 4 is 10.0 Å². The number of nitrogens with one attached hydrogen (secondary N) is 1. The molecule has 0 atom stereocenters. The van der Waals surface area contributed by atoms with Crippen LogP contribution in [0.2, 0.25) is 0 Å². The van der Waals surface area contributed by atoms with E-state index in [1.54, 1.807) is 12.1 Å². The van der Waals surface area contributed by atoms with Gasteiger partial charge in [-0.3, -0.25) is 0 Å². The van der Waals surface area contributed by atoms with Crippen LogP contribution < -0.4 is 15.2 Å². The summed E-state index contributed by atoms with van der Waals surface area (Å²) in [6, 6.07) is 5.35. The monoisotopic (exact) mass is 313 g/mol. The topological polar surface area (TPSA) is 84.7 Å². The lowest BCUT2D eigenvalue weighted by atomic mass is 10.2. The molecular weight excluding hydrogens is 290 g/mol. The van der Waals surface area contributed by atoms with Gasteiger partial charge < -0.3 is 15.4 Å². The van der Waals surface area contributed by atoms with Crippen LogP contribution >= 0.6 is 0 Å². The zero-order valence-corrected chi connectivity index (χ0v) is 13.3. The van der Waals surface area contributed by atoms with E-state index in [-0.39, 0.29) is 11.4 Å². The van der Waals surface area contributed by atoms with E-state index in [0.29, 0.717) is 30.4 Å². The van der Waals surface area contributed by atoms with Crippen molar-refractivity contribution in [1.82, 2.24) is 9.62 Å². The predicted molar refractivity (Wildman–Crippen MR) is 81.7 cm³/mol. The molecule has 0 spiro atoms. The molecule has 21 heavy (non-hydrogen) atoms. The van der Waals surface area contributed by atoms with E-state index in [0.717, 1.165) is 0 Å². The van der Waals surface area contributed by atoms with Gasteiger partial charge in [-0.2, -0.15) is 0 Å². The fourth-order valence-corrected chi connectivity index (χ4v) is 3.29. The number of benzene rings is 1. The average molecular weight is 313 g/mol. The van der Waals surface area contributed by atoms with E-state index in [2.05, 4.69) is 9.62 Å². The van der Waals surface area contributed by atoms with E-state index < -0.39 is 10.0 Å². The summed E-state index contributed by atoms with van der Waals surface area (Å²) >= 11 is 0. The van der Waals surface area contributed by atoms with Gasteiger partial charge in [-0.25, -0.2) is 13.1 Å². The van der Waals surface area contributed by atoms with Gasteiger partial charge in [0.25, 0.3) is 0 Å². The number of nitrogens with two attached hydrogens (primary N) is 1. The molecule has 0 radical (unpaired) electrons. The van der Waals surface area contributed by atoms with Crippen molar-refractivity contribution in [3.05, 3.63) is 23.8 Å². The van der Waals surface area contributed by atoms with Crippen LogP contribution in [-0.2, 0) is 16.6 Å². The van der Waals surface area contributed by atoms with Crippen LogP contribution in [0.15, 0.2) is 23.1 Å². The Kier molecular flexibility index (Phi) is 5.21. The number of likely N-dealkylation sites (N-methyl/N-ethyl adjacent to an activating group) is 1. The summed E-state index contributed by atoms with van der Waals surface area (Å²) in [6.45, 7) is 1.35. The van der Waals surface area contributed by atoms with Gasteiger partial charge in [0.2, 0.25) is 10.0 Å². The number of nitrogens with zero attached hydrogens (tertiary/aromatic N) is 1. The normalized spacial score (nSPS) is 15.4. The average Bonchev–Trinajstić information content (AvgIpc) is 3.30. The smallest absolute Gasteiger partial charge is 0.240 e. The van der Waals surface area contributed by atoms with Crippen LogP contribution in [0.5, 0.6) is 5.75 Å². The van der Waals surface area contributed by atoms with Gasteiger partial charge in [-0.15, -0.1) is 0 Å². The second-order valence-corrected chi connectivity index (χ2v) is 7.05. The lowest BCUT2D eigenvalue weighted by molar-refractivity contribution is 0.329.